The molecule has 0 atom stereocenters. The van der Waals surface area contributed by atoms with Crippen LogP contribution in [-0.2, 0) is 4.74 Å². The number of hydrogen-bond donors (Lipinski definition) is 1. The van der Waals surface area contributed by atoms with E-state index in [1.807, 2.05) is 6.92 Å². The van der Waals surface area contributed by atoms with Crippen LogP contribution in [0.1, 0.15) is 23.8 Å². The molecule has 2 aromatic heterocycles. The Morgan fingerprint density at radius 2 is 2.37 bits per heavy atom. The maximum Gasteiger partial charge on any atom is 0.273 e. The molecule has 1 amide bonds. The van der Waals surface area contributed by atoms with E-state index in [0.29, 0.717) is 31.3 Å². The fourth-order valence-corrected chi connectivity index (χ4v) is 1.53. The van der Waals surface area contributed by atoms with Gasteiger partial charge in [-0.2, -0.15) is 0 Å². The van der Waals surface area contributed by atoms with Gasteiger partial charge in [-0.25, -0.2) is 0 Å². The van der Waals surface area contributed by atoms with E-state index in [9.17, 15) is 4.79 Å². The minimum Gasteiger partial charge on any atom is -0.461 e. The van der Waals surface area contributed by atoms with E-state index in [-0.39, 0.29) is 11.6 Å². The van der Waals surface area contributed by atoms with E-state index in [0.717, 1.165) is 6.42 Å². The lowest BCUT2D eigenvalue weighted by Crippen LogP contribution is -2.25. The Hall–Kier alpha value is -2.08. The third-order valence-corrected chi connectivity index (χ3v) is 2.46. The molecule has 0 aromatic carbocycles. The molecule has 0 spiro atoms. The van der Waals surface area contributed by atoms with Crippen molar-refractivity contribution < 1.29 is 18.5 Å². The number of rotatable bonds is 7. The lowest BCUT2D eigenvalue weighted by Gasteiger charge is -2.02. The number of carbonyl (C=O) groups is 1. The zero-order valence-electron chi connectivity index (χ0n) is 10.7. The van der Waals surface area contributed by atoms with Crippen LogP contribution in [0.25, 0.3) is 11.5 Å². The number of hydrogen-bond acceptors (Lipinski definition) is 5. The van der Waals surface area contributed by atoms with Gasteiger partial charge in [-0.3, -0.25) is 4.79 Å². The number of amides is 1. The summed E-state index contributed by atoms with van der Waals surface area (Å²) in [5.41, 5.74) is 0.239. The van der Waals surface area contributed by atoms with Crippen molar-refractivity contribution in [2.24, 2.45) is 0 Å². The van der Waals surface area contributed by atoms with Gasteiger partial charge in [0.25, 0.3) is 5.91 Å². The van der Waals surface area contributed by atoms with Crippen LogP contribution in [0.5, 0.6) is 0 Å². The van der Waals surface area contributed by atoms with E-state index in [4.69, 9.17) is 13.7 Å². The average Bonchev–Trinajstić information content (AvgIpc) is 3.08. The fourth-order valence-electron chi connectivity index (χ4n) is 1.53. The van der Waals surface area contributed by atoms with E-state index in [1.54, 1.807) is 18.2 Å². The van der Waals surface area contributed by atoms with E-state index < -0.39 is 0 Å². The Bertz CT molecular complexity index is 504. The topological polar surface area (TPSA) is 77.5 Å². The first kappa shape index (κ1) is 13.4. The average molecular weight is 264 g/mol. The van der Waals surface area contributed by atoms with Crippen LogP contribution in [0.4, 0.5) is 0 Å². The Balaban J connectivity index is 1.83. The van der Waals surface area contributed by atoms with Gasteiger partial charge < -0.3 is 19.0 Å². The van der Waals surface area contributed by atoms with Crippen molar-refractivity contribution in [1.29, 1.82) is 0 Å². The van der Waals surface area contributed by atoms with E-state index >= 15 is 0 Å². The van der Waals surface area contributed by atoms with E-state index in [2.05, 4.69) is 10.5 Å². The third-order valence-electron chi connectivity index (χ3n) is 2.46. The largest absolute Gasteiger partial charge is 0.461 e. The maximum absolute atomic E-state index is 11.8. The van der Waals surface area contributed by atoms with Gasteiger partial charge in [-0.1, -0.05) is 5.16 Å². The molecule has 2 rings (SSSR count). The van der Waals surface area contributed by atoms with Gasteiger partial charge in [0.15, 0.2) is 11.5 Å². The Morgan fingerprint density at radius 3 is 3.11 bits per heavy atom. The Morgan fingerprint density at radius 1 is 1.47 bits per heavy atom. The number of aromatic nitrogens is 1. The molecule has 0 aliphatic carbocycles. The van der Waals surface area contributed by atoms with E-state index in [1.165, 1.54) is 6.26 Å². The van der Waals surface area contributed by atoms with Gasteiger partial charge in [0, 0.05) is 25.8 Å². The highest BCUT2D eigenvalue weighted by molar-refractivity contribution is 5.92. The molecule has 0 unspecified atom stereocenters. The van der Waals surface area contributed by atoms with Gasteiger partial charge in [-0.05, 0) is 25.5 Å². The van der Waals surface area contributed by atoms with Crippen LogP contribution in [-0.4, -0.2) is 30.8 Å². The highest BCUT2D eigenvalue weighted by Crippen LogP contribution is 2.20. The number of carbonyl (C=O) groups excluding carboxylic acids is 1. The van der Waals surface area contributed by atoms with Crippen molar-refractivity contribution in [3.63, 3.8) is 0 Å². The summed E-state index contributed by atoms with van der Waals surface area (Å²) >= 11 is 0. The first-order chi connectivity index (χ1) is 9.31. The highest BCUT2D eigenvalue weighted by atomic mass is 16.5. The second kappa shape index (κ2) is 6.75. The number of nitrogens with one attached hydrogen (secondary N) is 1. The Kier molecular flexibility index (Phi) is 4.74. The quantitative estimate of drug-likeness (QED) is 0.775. The summed E-state index contributed by atoms with van der Waals surface area (Å²) in [5, 5.41) is 6.45. The summed E-state index contributed by atoms with van der Waals surface area (Å²) in [5.74, 6) is 0.713. The summed E-state index contributed by atoms with van der Waals surface area (Å²) in [7, 11) is 0. The molecule has 19 heavy (non-hydrogen) atoms. The second-order valence-corrected chi connectivity index (χ2v) is 3.86. The minimum atomic E-state index is -0.266. The molecule has 6 heteroatoms. The minimum absolute atomic E-state index is 0.239. The molecule has 2 aromatic rings. The zero-order chi connectivity index (χ0) is 13.5. The molecule has 0 radical (unpaired) electrons. The smallest absolute Gasteiger partial charge is 0.273 e. The van der Waals surface area contributed by atoms with Crippen LogP contribution < -0.4 is 5.32 Å². The Labute approximate surface area is 110 Å². The summed E-state index contributed by atoms with van der Waals surface area (Å²) < 4.78 is 15.4. The van der Waals surface area contributed by atoms with Crippen LogP contribution in [0, 0.1) is 0 Å². The first-order valence-corrected chi connectivity index (χ1v) is 6.17. The summed E-state index contributed by atoms with van der Waals surface area (Å²) in [6.45, 7) is 3.79. The normalized spacial score (nSPS) is 10.6. The SMILES string of the molecule is CCOCCCNC(=O)c1cc(-c2ccco2)on1. The monoisotopic (exact) mass is 264 g/mol. The third kappa shape index (κ3) is 3.69. The van der Waals surface area contributed by atoms with Crippen LogP contribution >= 0.6 is 0 Å². The van der Waals surface area contributed by atoms with Gasteiger partial charge in [-0.15, -0.1) is 0 Å². The van der Waals surface area contributed by atoms with Crippen molar-refractivity contribution in [2.75, 3.05) is 19.8 Å². The molecule has 0 bridgehead atoms. The molecule has 2 heterocycles. The van der Waals surface area contributed by atoms with Crippen molar-refractivity contribution in [3.05, 3.63) is 30.2 Å². The lowest BCUT2D eigenvalue weighted by molar-refractivity contribution is 0.0935. The fraction of sp³-hybridized carbons (Fsp3) is 0.385. The van der Waals surface area contributed by atoms with Crippen molar-refractivity contribution in [3.8, 4) is 11.5 Å². The second-order valence-electron chi connectivity index (χ2n) is 3.86. The first-order valence-electron chi connectivity index (χ1n) is 6.17. The molecule has 0 aliphatic heterocycles. The predicted octanol–water partition coefficient (Wildman–Crippen LogP) is 2.09. The van der Waals surface area contributed by atoms with Gasteiger partial charge in [0.05, 0.1) is 6.26 Å². The molecule has 0 saturated heterocycles. The lowest BCUT2D eigenvalue weighted by atomic mass is 10.3. The molecular weight excluding hydrogens is 248 g/mol. The van der Waals surface area contributed by atoms with Crippen LogP contribution in [0.3, 0.4) is 0 Å². The molecule has 102 valence electrons. The van der Waals surface area contributed by atoms with Gasteiger partial charge in [0.2, 0.25) is 5.76 Å². The molecule has 1 N–H and O–H groups in total. The predicted molar refractivity (Wildman–Crippen MR) is 67.6 cm³/mol. The molecular formula is C13H16N2O4. The summed E-state index contributed by atoms with van der Waals surface area (Å²) in [4.78, 5) is 11.8. The molecule has 0 fully saturated rings. The van der Waals surface area contributed by atoms with Crippen LogP contribution in [0.2, 0.25) is 0 Å². The number of nitrogens with zero attached hydrogens (tertiary/aromatic N) is 1. The maximum atomic E-state index is 11.8. The van der Waals surface area contributed by atoms with Crippen molar-refractivity contribution in [2.45, 2.75) is 13.3 Å². The van der Waals surface area contributed by atoms with Gasteiger partial charge >= 0.3 is 0 Å². The number of ether oxygens (including phenoxy) is 1. The highest BCUT2D eigenvalue weighted by Gasteiger charge is 2.14. The molecule has 6 nitrogen and oxygen atoms in total. The van der Waals surface area contributed by atoms with Crippen molar-refractivity contribution >= 4 is 5.91 Å². The summed E-state index contributed by atoms with van der Waals surface area (Å²) in [6.07, 6.45) is 2.30. The molecule has 0 aliphatic rings. The number of furan rings is 1. The molecule has 0 saturated carbocycles. The van der Waals surface area contributed by atoms with Crippen molar-refractivity contribution in [1.82, 2.24) is 10.5 Å². The van der Waals surface area contributed by atoms with Gasteiger partial charge in [0.1, 0.15) is 0 Å². The zero-order valence-corrected chi connectivity index (χ0v) is 10.7. The van der Waals surface area contributed by atoms with Crippen LogP contribution in [0.15, 0.2) is 33.4 Å². The summed E-state index contributed by atoms with van der Waals surface area (Å²) in [6, 6.07) is 5.03. The standard InChI is InChI=1S/C13H16N2O4/c1-2-17-7-4-6-14-13(16)10-9-12(19-15-10)11-5-3-8-18-11/h3,5,8-9H,2,4,6-7H2,1H3,(H,14,16).